The Morgan fingerprint density at radius 1 is 1.33 bits per heavy atom. The molecule has 3 N–H and O–H groups in total. The van der Waals surface area contributed by atoms with Crippen molar-refractivity contribution in [2.45, 2.75) is 44.4 Å². The number of phenols is 1. The Bertz CT molecular complexity index is 513. The zero-order valence-electron chi connectivity index (χ0n) is 11.8. The third kappa shape index (κ3) is 4.19. The molecule has 1 aromatic carbocycles. The zero-order valence-corrected chi connectivity index (χ0v) is 11.8. The standard InChI is InChI=1S/C15H19NO5/c1-9-2-7-13(21-9)14(18)16-12(15(19)20)8-10-3-5-11(17)6-4-10/h3-6,9,12-13,17H,2,7-8H2,1H3,(H,16,18)(H,19,20)/t9?,12-,13?/m0/s1. The lowest BCUT2D eigenvalue weighted by molar-refractivity contribution is -0.144. The van der Waals surface area contributed by atoms with Crippen molar-refractivity contribution in [2.24, 2.45) is 0 Å². The Labute approximate surface area is 122 Å². The Kier molecular flexibility index (Phi) is 4.80. The van der Waals surface area contributed by atoms with Crippen LogP contribution in [-0.4, -0.2) is 40.3 Å². The molecule has 21 heavy (non-hydrogen) atoms. The number of hydrogen-bond donors (Lipinski definition) is 3. The maximum Gasteiger partial charge on any atom is 0.326 e. The molecule has 114 valence electrons. The van der Waals surface area contributed by atoms with Gasteiger partial charge in [0, 0.05) is 6.42 Å². The van der Waals surface area contributed by atoms with E-state index in [-0.39, 0.29) is 24.2 Å². The molecule has 0 radical (unpaired) electrons. The summed E-state index contributed by atoms with van der Waals surface area (Å²) < 4.78 is 5.43. The fourth-order valence-electron chi connectivity index (χ4n) is 2.33. The number of benzene rings is 1. The number of carboxylic acids is 1. The summed E-state index contributed by atoms with van der Waals surface area (Å²) in [6, 6.07) is 5.22. The van der Waals surface area contributed by atoms with E-state index in [0.717, 1.165) is 12.0 Å². The fraction of sp³-hybridized carbons (Fsp3) is 0.467. The van der Waals surface area contributed by atoms with Gasteiger partial charge in [0.2, 0.25) is 5.91 Å². The normalized spacial score (nSPS) is 22.7. The van der Waals surface area contributed by atoms with Crippen LogP contribution in [0.4, 0.5) is 0 Å². The van der Waals surface area contributed by atoms with Crippen LogP contribution in [0.3, 0.4) is 0 Å². The smallest absolute Gasteiger partial charge is 0.326 e. The van der Waals surface area contributed by atoms with Crippen LogP contribution in [0.2, 0.25) is 0 Å². The quantitative estimate of drug-likeness (QED) is 0.754. The third-order valence-electron chi connectivity index (χ3n) is 3.52. The molecule has 0 saturated carbocycles. The van der Waals surface area contributed by atoms with Gasteiger partial charge in [-0.1, -0.05) is 12.1 Å². The first-order valence-electron chi connectivity index (χ1n) is 6.92. The van der Waals surface area contributed by atoms with Crippen molar-refractivity contribution in [3.05, 3.63) is 29.8 Å². The molecule has 1 aliphatic heterocycles. The van der Waals surface area contributed by atoms with E-state index in [0.29, 0.717) is 6.42 Å². The number of hydrogen-bond acceptors (Lipinski definition) is 4. The van der Waals surface area contributed by atoms with Gasteiger partial charge in [0.1, 0.15) is 17.9 Å². The van der Waals surface area contributed by atoms with Crippen molar-refractivity contribution < 1.29 is 24.5 Å². The predicted molar refractivity (Wildman–Crippen MR) is 74.9 cm³/mol. The highest BCUT2D eigenvalue weighted by molar-refractivity contribution is 5.86. The Balaban J connectivity index is 1.97. The van der Waals surface area contributed by atoms with Crippen LogP contribution in [0.5, 0.6) is 5.75 Å². The second-order valence-corrected chi connectivity index (χ2v) is 5.28. The molecule has 1 heterocycles. The van der Waals surface area contributed by atoms with Gasteiger partial charge in [-0.05, 0) is 37.5 Å². The summed E-state index contributed by atoms with van der Waals surface area (Å²) in [6.07, 6.45) is 1.03. The van der Waals surface area contributed by atoms with E-state index in [1.165, 1.54) is 12.1 Å². The molecule has 1 saturated heterocycles. The van der Waals surface area contributed by atoms with Crippen molar-refractivity contribution in [2.75, 3.05) is 0 Å². The van der Waals surface area contributed by atoms with Gasteiger partial charge in [0.05, 0.1) is 6.10 Å². The van der Waals surface area contributed by atoms with Crippen LogP contribution in [-0.2, 0) is 20.7 Å². The van der Waals surface area contributed by atoms with Gasteiger partial charge in [-0.15, -0.1) is 0 Å². The molecule has 1 fully saturated rings. The number of aromatic hydroxyl groups is 1. The average molecular weight is 293 g/mol. The molecule has 1 aromatic rings. The molecule has 3 atom stereocenters. The molecular formula is C15H19NO5. The molecular weight excluding hydrogens is 274 g/mol. The number of rotatable bonds is 5. The van der Waals surface area contributed by atoms with Crippen molar-refractivity contribution in [1.29, 1.82) is 0 Å². The SMILES string of the molecule is CC1CCC(C(=O)N[C@@H](Cc2ccc(O)cc2)C(=O)O)O1. The highest BCUT2D eigenvalue weighted by atomic mass is 16.5. The van der Waals surface area contributed by atoms with Gasteiger partial charge < -0.3 is 20.3 Å². The van der Waals surface area contributed by atoms with Crippen molar-refractivity contribution >= 4 is 11.9 Å². The summed E-state index contributed by atoms with van der Waals surface area (Å²) in [5, 5.41) is 21.0. The molecule has 0 bridgehead atoms. The van der Waals surface area contributed by atoms with E-state index in [9.17, 15) is 19.8 Å². The number of carboxylic acid groups (broad SMARTS) is 1. The van der Waals surface area contributed by atoms with Gasteiger partial charge in [-0.3, -0.25) is 4.79 Å². The summed E-state index contributed by atoms with van der Waals surface area (Å²) in [4.78, 5) is 23.3. The molecule has 0 spiro atoms. The molecule has 1 aliphatic rings. The highest BCUT2D eigenvalue weighted by Gasteiger charge is 2.31. The minimum absolute atomic E-state index is 0.0288. The van der Waals surface area contributed by atoms with Crippen LogP contribution < -0.4 is 5.32 Å². The lowest BCUT2D eigenvalue weighted by atomic mass is 10.1. The van der Waals surface area contributed by atoms with Crippen LogP contribution in [0.25, 0.3) is 0 Å². The summed E-state index contributed by atoms with van der Waals surface area (Å²) in [5.74, 6) is -1.36. The molecule has 2 unspecified atom stereocenters. The number of carbonyl (C=O) groups is 2. The topological polar surface area (TPSA) is 95.9 Å². The Morgan fingerprint density at radius 3 is 2.52 bits per heavy atom. The minimum Gasteiger partial charge on any atom is -0.508 e. The maximum absolute atomic E-state index is 12.0. The second kappa shape index (κ2) is 6.58. The largest absolute Gasteiger partial charge is 0.508 e. The van der Waals surface area contributed by atoms with Gasteiger partial charge in [0.25, 0.3) is 0 Å². The van der Waals surface area contributed by atoms with Crippen LogP contribution in [0, 0.1) is 0 Å². The van der Waals surface area contributed by atoms with E-state index < -0.39 is 18.1 Å². The molecule has 6 nitrogen and oxygen atoms in total. The van der Waals surface area contributed by atoms with Gasteiger partial charge >= 0.3 is 5.97 Å². The first-order valence-corrected chi connectivity index (χ1v) is 6.92. The third-order valence-corrected chi connectivity index (χ3v) is 3.52. The molecule has 0 aliphatic carbocycles. The predicted octanol–water partition coefficient (Wildman–Crippen LogP) is 1.07. The lowest BCUT2D eigenvalue weighted by Crippen LogP contribution is -2.46. The number of nitrogens with one attached hydrogen (secondary N) is 1. The van der Waals surface area contributed by atoms with E-state index in [4.69, 9.17) is 4.74 Å². The van der Waals surface area contributed by atoms with E-state index in [1.807, 2.05) is 6.92 Å². The fourth-order valence-corrected chi connectivity index (χ4v) is 2.33. The minimum atomic E-state index is -1.09. The number of aliphatic carboxylic acids is 1. The Morgan fingerprint density at radius 2 is 2.00 bits per heavy atom. The summed E-state index contributed by atoms with van der Waals surface area (Å²) in [6.45, 7) is 1.89. The number of ether oxygens (including phenoxy) is 1. The summed E-state index contributed by atoms with van der Waals surface area (Å²) >= 11 is 0. The second-order valence-electron chi connectivity index (χ2n) is 5.28. The highest BCUT2D eigenvalue weighted by Crippen LogP contribution is 2.19. The van der Waals surface area contributed by atoms with Gasteiger partial charge in [0.15, 0.2) is 0 Å². The van der Waals surface area contributed by atoms with Crippen molar-refractivity contribution in [3.63, 3.8) is 0 Å². The first-order chi connectivity index (χ1) is 9.95. The van der Waals surface area contributed by atoms with Crippen LogP contribution in [0.15, 0.2) is 24.3 Å². The van der Waals surface area contributed by atoms with Crippen molar-refractivity contribution in [1.82, 2.24) is 5.32 Å². The van der Waals surface area contributed by atoms with Crippen LogP contribution in [0.1, 0.15) is 25.3 Å². The van der Waals surface area contributed by atoms with Gasteiger partial charge in [-0.2, -0.15) is 0 Å². The molecule has 0 aromatic heterocycles. The molecule has 2 rings (SSSR count). The lowest BCUT2D eigenvalue weighted by Gasteiger charge is -2.17. The van der Waals surface area contributed by atoms with E-state index >= 15 is 0 Å². The van der Waals surface area contributed by atoms with Gasteiger partial charge in [-0.25, -0.2) is 4.79 Å². The molecule has 1 amide bonds. The van der Waals surface area contributed by atoms with E-state index in [1.54, 1.807) is 12.1 Å². The van der Waals surface area contributed by atoms with Crippen LogP contribution >= 0.6 is 0 Å². The molecule has 6 heteroatoms. The Hall–Kier alpha value is -2.08. The summed E-state index contributed by atoms with van der Waals surface area (Å²) in [5.41, 5.74) is 0.723. The summed E-state index contributed by atoms with van der Waals surface area (Å²) in [7, 11) is 0. The average Bonchev–Trinajstić information content (AvgIpc) is 2.87. The maximum atomic E-state index is 12.0. The monoisotopic (exact) mass is 293 g/mol. The number of phenolic OH excluding ortho intramolecular Hbond substituents is 1. The number of amides is 1. The number of carbonyl (C=O) groups excluding carboxylic acids is 1. The first kappa shape index (κ1) is 15.3. The zero-order chi connectivity index (χ0) is 15.4. The van der Waals surface area contributed by atoms with Crippen molar-refractivity contribution in [3.8, 4) is 5.75 Å². The van der Waals surface area contributed by atoms with E-state index in [2.05, 4.69) is 5.32 Å².